The molecule has 3 rings (SSSR count). The van der Waals surface area contributed by atoms with Crippen LogP contribution in [0, 0.1) is 13.8 Å². The average Bonchev–Trinajstić information content (AvgIpc) is 3.08. The molecule has 0 saturated carbocycles. The molecule has 1 fully saturated rings. The van der Waals surface area contributed by atoms with Crippen molar-refractivity contribution in [1.82, 2.24) is 4.90 Å². The zero-order chi connectivity index (χ0) is 20.3. The second-order valence-corrected chi connectivity index (χ2v) is 7.33. The van der Waals surface area contributed by atoms with Gasteiger partial charge in [0, 0.05) is 25.1 Å². The molecule has 1 amide bonds. The van der Waals surface area contributed by atoms with E-state index in [1.165, 1.54) is 0 Å². The first-order valence-corrected chi connectivity index (χ1v) is 9.54. The van der Waals surface area contributed by atoms with Crippen molar-refractivity contribution in [2.24, 2.45) is 0 Å². The minimum absolute atomic E-state index is 0.169. The molecule has 0 radical (unpaired) electrons. The lowest BCUT2D eigenvalue weighted by atomic mass is 10.0. The van der Waals surface area contributed by atoms with Crippen molar-refractivity contribution in [3.63, 3.8) is 0 Å². The van der Waals surface area contributed by atoms with Crippen LogP contribution in [0.4, 0.5) is 0 Å². The first kappa shape index (κ1) is 19.8. The Morgan fingerprint density at radius 3 is 2.32 bits per heavy atom. The first-order valence-electron chi connectivity index (χ1n) is 9.54. The number of esters is 1. The van der Waals surface area contributed by atoms with Gasteiger partial charge in [-0.3, -0.25) is 9.59 Å². The molecule has 1 atom stereocenters. The van der Waals surface area contributed by atoms with E-state index in [0.29, 0.717) is 24.1 Å². The molecule has 0 bridgehead atoms. The van der Waals surface area contributed by atoms with Crippen LogP contribution in [0.5, 0.6) is 0 Å². The highest BCUT2D eigenvalue weighted by molar-refractivity contribution is 6.01. The average molecular weight is 379 g/mol. The number of aryl methyl sites for hydroxylation is 2. The van der Waals surface area contributed by atoms with E-state index in [1.807, 2.05) is 43.0 Å². The van der Waals surface area contributed by atoms with Crippen molar-refractivity contribution in [3.8, 4) is 0 Å². The highest BCUT2D eigenvalue weighted by atomic mass is 16.5. The third-order valence-electron chi connectivity index (χ3n) is 5.18. The predicted molar refractivity (Wildman–Crippen MR) is 106 cm³/mol. The Morgan fingerprint density at radius 2 is 1.71 bits per heavy atom. The maximum atomic E-state index is 12.5. The first-order chi connectivity index (χ1) is 13.3. The summed E-state index contributed by atoms with van der Waals surface area (Å²) in [5.41, 5.74) is 4.02. The lowest BCUT2D eigenvalue weighted by molar-refractivity contribution is -0.128. The number of carbonyl (C=O) groups excluding carboxylic acids is 3. The Kier molecular flexibility index (Phi) is 5.93. The van der Waals surface area contributed by atoms with Crippen LogP contribution in [0.1, 0.15) is 57.2 Å². The Morgan fingerprint density at radius 1 is 1.04 bits per heavy atom. The number of ketones is 1. The molecular formula is C23H25NO4. The lowest BCUT2D eigenvalue weighted by Gasteiger charge is -2.16. The molecule has 0 aromatic heterocycles. The van der Waals surface area contributed by atoms with Gasteiger partial charge in [0.05, 0.1) is 5.56 Å². The van der Waals surface area contributed by atoms with Gasteiger partial charge in [0.1, 0.15) is 0 Å². The molecule has 146 valence electrons. The third kappa shape index (κ3) is 4.47. The van der Waals surface area contributed by atoms with Crippen molar-refractivity contribution in [1.29, 1.82) is 0 Å². The molecule has 28 heavy (non-hydrogen) atoms. The number of hydrogen-bond donors (Lipinski definition) is 0. The van der Waals surface area contributed by atoms with Crippen LogP contribution in [-0.2, 0) is 16.1 Å². The smallest absolute Gasteiger partial charge is 0.338 e. The molecule has 0 aliphatic carbocycles. The van der Waals surface area contributed by atoms with Gasteiger partial charge in [0.15, 0.2) is 6.10 Å². The summed E-state index contributed by atoms with van der Waals surface area (Å²) in [7, 11) is 0. The molecule has 1 aliphatic heterocycles. The third-order valence-corrected chi connectivity index (χ3v) is 5.18. The van der Waals surface area contributed by atoms with Crippen LogP contribution in [-0.4, -0.2) is 35.2 Å². The van der Waals surface area contributed by atoms with E-state index in [2.05, 4.69) is 0 Å². The number of ether oxygens (including phenoxy) is 1. The normalized spacial score (nSPS) is 14.8. The lowest BCUT2D eigenvalue weighted by Crippen LogP contribution is -2.25. The molecule has 2 aromatic carbocycles. The fourth-order valence-electron chi connectivity index (χ4n) is 3.25. The Balaban J connectivity index is 1.61. The largest absolute Gasteiger partial charge is 0.451 e. The molecule has 1 heterocycles. The Hall–Kier alpha value is -2.95. The van der Waals surface area contributed by atoms with Gasteiger partial charge >= 0.3 is 5.97 Å². The second-order valence-electron chi connectivity index (χ2n) is 7.33. The van der Waals surface area contributed by atoms with E-state index in [9.17, 15) is 14.4 Å². The summed E-state index contributed by atoms with van der Waals surface area (Å²) in [6.45, 7) is 6.84. The van der Waals surface area contributed by atoms with E-state index in [-0.39, 0.29) is 11.7 Å². The van der Waals surface area contributed by atoms with Crippen molar-refractivity contribution < 1.29 is 19.1 Å². The van der Waals surface area contributed by atoms with Gasteiger partial charge in [-0.05, 0) is 62.1 Å². The molecule has 2 aromatic rings. The van der Waals surface area contributed by atoms with Gasteiger partial charge in [-0.2, -0.15) is 0 Å². The molecule has 5 heteroatoms. The number of rotatable bonds is 6. The molecule has 0 N–H and O–H groups in total. The number of amides is 1. The summed E-state index contributed by atoms with van der Waals surface area (Å²) in [5.74, 6) is -0.587. The van der Waals surface area contributed by atoms with Crippen molar-refractivity contribution in [2.75, 3.05) is 6.54 Å². The minimum Gasteiger partial charge on any atom is -0.451 e. The standard InChI is InChI=1S/C23H25NO4/c1-15-6-9-20(13-16(15)2)22(26)17(3)28-23(27)19-10-7-18(8-11-19)14-24-12-4-5-21(24)25/h6-11,13,17H,4-5,12,14H2,1-3H3. The van der Waals surface area contributed by atoms with E-state index in [0.717, 1.165) is 29.7 Å². The van der Waals surface area contributed by atoms with Gasteiger partial charge in [-0.1, -0.05) is 24.3 Å². The van der Waals surface area contributed by atoms with Crippen LogP contribution in [0.15, 0.2) is 42.5 Å². The highest BCUT2D eigenvalue weighted by Crippen LogP contribution is 2.17. The van der Waals surface area contributed by atoms with Crippen LogP contribution in [0.2, 0.25) is 0 Å². The topological polar surface area (TPSA) is 63.7 Å². The van der Waals surface area contributed by atoms with E-state index in [4.69, 9.17) is 4.74 Å². The molecule has 1 saturated heterocycles. The van der Waals surface area contributed by atoms with Crippen molar-refractivity contribution >= 4 is 17.7 Å². The van der Waals surface area contributed by atoms with Crippen LogP contribution < -0.4 is 0 Å². The molecule has 0 spiro atoms. The highest BCUT2D eigenvalue weighted by Gasteiger charge is 2.22. The van der Waals surface area contributed by atoms with Gasteiger partial charge in [0.2, 0.25) is 11.7 Å². The number of nitrogens with zero attached hydrogens (tertiary/aromatic N) is 1. The molecule has 5 nitrogen and oxygen atoms in total. The minimum atomic E-state index is -0.864. The SMILES string of the molecule is Cc1ccc(C(=O)C(C)OC(=O)c2ccc(CN3CCCC3=O)cc2)cc1C. The number of carbonyl (C=O) groups is 3. The maximum Gasteiger partial charge on any atom is 0.338 e. The molecular weight excluding hydrogens is 354 g/mol. The second kappa shape index (κ2) is 8.38. The predicted octanol–water partition coefficient (Wildman–Crippen LogP) is 3.85. The summed E-state index contributed by atoms with van der Waals surface area (Å²) in [4.78, 5) is 38.5. The van der Waals surface area contributed by atoms with Crippen molar-refractivity contribution in [3.05, 3.63) is 70.3 Å². The Bertz CT molecular complexity index is 901. The zero-order valence-corrected chi connectivity index (χ0v) is 16.5. The van der Waals surface area contributed by atoms with Crippen LogP contribution in [0.3, 0.4) is 0 Å². The van der Waals surface area contributed by atoms with Crippen LogP contribution >= 0.6 is 0 Å². The van der Waals surface area contributed by atoms with E-state index < -0.39 is 12.1 Å². The summed E-state index contributed by atoms with van der Waals surface area (Å²) >= 11 is 0. The monoisotopic (exact) mass is 379 g/mol. The van der Waals surface area contributed by atoms with E-state index >= 15 is 0 Å². The fraction of sp³-hybridized carbons (Fsp3) is 0.348. The van der Waals surface area contributed by atoms with Gasteiger partial charge < -0.3 is 9.64 Å². The molecule has 1 aliphatic rings. The summed E-state index contributed by atoms with van der Waals surface area (Å²) < 4.78 is 5.36. The number of hydrogen-bond acceptors (Lipinski definition) is 4. The van der Waals surface area contributed by atoms with Gasteiger partial charge in [0.25, 0.3) is 0 Å². The summed E-state index contributed by atoms with van der Waals surface area (Å²) in [5, 5.41) is 0. The maximum absolute atomic E-state index is 12.5. The van der Waals surface area contributed by atoms with Gasteiger partial charge in [-0.15, -0.1) is 0 Å². The fourth-order valence-corrected chi connectivity index (χ4v) is 3.25. The molecule has 1 unspecified atom stereocenters. The quantitative estimate of drug-likeness (QED) is 0.565. The number of benzene rings is 2. The zero-order valence-electron chi connectivity index (χ0n) is 16.5. The van der Waals surface area contributed by atoms with Gasteiger partial charge in [-0.25, -0.2) is 4.79 Å². The number of Topliss-reactive ketones (excluding diaryl/α,β-unsaturated/α-hetero) is 1. The summed E-state index contributed by atoms with van der Waals surface area (Å²) in [6.07, 6.45) is 0.642. The summed E-state index contributed by atoms with van der Waals surface area (Å²) in [6, 6.07) is 12.4. The van der Waals surface area contributed by atoms with E-state index in [1.54, 1.807) is 25.1 Å². The van der Waals surface area contributed by atoms with Crippen molar-refractivity contribution in [2.45, 2.75) is 46.3 Å². The van der Waals surface area contributed by atoms with Crippen LogP contribution in [0.25, 0.3) is 0 Å². The Labute approximate surface area is 165 Å². The number of likely N-dealkylation sites (tertiary alicyclic amines) is 1.